The Morgan fingerprint density at radius 1 is 1.42 bits per heavy atom. The summed E-state index contributed by atoms with van der Waals surface area (Å²) in [5.41, 5.74) is 2.46. The minimum atomic E-state index is -0.974. The molecule has 5 nitrogen and oxygen atoms in total. The molecule has 3 rings (SSSR count). The molecule has 0 aliphatic heterocycles. The van der Waals surface area contributed by atoms with Crippen LogP contribution >= 0.6 is 23.1 Å². The molecule has 19 heavy (non-hydrogen) atoms. The monoisotopic (exact) mass is 292 g/mol. The Labute approximate surface area is 116 Å². The van der Waals surface area contributed by atoms with Crippen molar-refractivity contribution in [2.75, 3.05) is 0 Å². The van der Waals surface area contributed by atoms with Crippen LogP contribution in [0.25, 0.3) is 11.0 Å². The van der Waals surface area contributed by atoms with E-state index in [4.69, 9.17) is 4.42 Å². The zero-order valence-electron chi connectivity index (χ0n) is 9.57. The Balaban J connectivity index is 1.98. The highest BCUT2D eigenvalue weighted by molar-refractivity contribution is 8.00. The van der Waals surface area contributed by atoms with E-state index < -0.39 is 5.97 Å². The lowest BCUT2D eigenvalue weighted by Gasteiger charge is -1.96. The Morgan fingerprint density at radius 2 is 2.26 bits per heavy atom. The fourth-order valence-corrected chi connectivity index (χ4v) is 3.20. The van der Waals surface area contributed by atoms with E-state index in [-0.39, 0.29) is 5.56 Å². The van der Waals surface area contributed by atoms with Crippen molar-refractivity contribution in [2.45, 2.75) is 10.1 Å². The van der Waals surface area contributed by atoms with Gasteiger partial charge in [-0.25, -0.2) is 4.79 Å². The maximum Gasteiger partial charge on any atom is 0.339 e. The lowest BCUT2D eigenvalue weighted by molar-refractivity contribution is 0.0697. The van der Waals surface area contributed by atoms with Crippen LogP contribution in [0.4, 0.5) is 0 Å². The molecular formula is C12H8N2O3S2. The molecule has 0 radical (unpaired) electrons. The Hall–Kier alpha value is -1.86. The average Bonchev–Trinajstić information content (AvgIpc) is 3.03. The third-order valence-corrected chi connectivity index (χ3v) is 4.41. The summed E-state index contributed by atoms with van der Waals surface area (Å²) in [6.07, 6.45) is 0. The van der Waals surface area contributed by atoms with Gasteiger partial charge in [-0.1, -0.05) is 41.3 Å². The van der Waals surface area contributed by atoms with E-state index in [2.05, 4.69) is 10.2 Å². The predicted octanol–water partition coefficient (Wildman–Crippen LogP) is 3.27. The number of hydrogen-bond donors (Lipinski definition) is 1. The minimum Gasteiger partial charge on any atom is -0.478 e. The van der Waals surface area contributed by atoms with Crippen LogP contribution in [0.15, 0.2) is 38.5 Å². The molecule has 7 heteroatoms. The lowest BCUT2D eigenvalue weighted by Crippen LogP contribution is -1.98. The number of hydrogen-bond acceptors (Lipinski definition) is 6. The van der Waals surface area contributed by atoms with Crippen molar-refractivity contribution >= 4 is 40.0 Å². The van der Waals surface area contributed by atoms with E-state index in [0.29, 0.717) is 22.5 Å². The first-order valence-electron chi connectivity index (χ1n) is 5.38. The van der Waals surface area contributed by atoms with Crippen LogP contribution in [0.5, 0.6) is 0 Å². The smallest absolute Gasteiger partial charge is 0.339 e. The fraction of sp³-hybridized carbons (Fsp3) is 0.0833. The highest BCUT2D eigenvalue weighted by atomic mass is 32.2. The molecule has 0 spiro atoms. The zero-order valence-corrected chi connectivity index (χ0v) is 11.2. The summed E-state index contributed by atoms with van der Waals surface area (Å²) in [5.74, 6) is -0.0994. The summed E-state index contributed by atoms with van der Waals surface area (Å²) in [7, 11) is 0. The average molecular weight is 292 g/mol. The van der Waals surface area contributed by atoms with E-state index in [0.717, 1.165) is 4.34 Å². The van der Waals surface area contributed by atoms with Crippen molar-refractivity contribution in [3.05, 3.63) is 41.1 Å². The second kappa shape index (κ2) is 5.02. The quantitative estimate of drug-likeness (QED) is 0.744. The van der Waals surface area contributed by atoms with Crippen LogP contribution in [0.1, 0.15) is 16.1 Å². The number of fused-ring (bicyclic) bond motifs is 1. The third kappa shape index (κ3) is 2.34. The molecule has 0 fully saturated rings. The number of rotatable bonds is 4. The predicted molar refractivity (Wildman–Crippen MR) is 72.6 cm³/mol. The number of carboxylic acid groups (broad SMARTS) is 1. The van der Waals surface area contributed by atoms with Gasteiger partial charge in [-0.2, -0.15) is 0 Å². The molecule has 0 saturated carbocycles. The Bertz CT molecular complexity index is 722. The van der Waals surface area contributed by atoms with Crippen LogP contribution < -0.4 is 0 Å². The normalized spacial score (nSPS) is 10.9. The molecule has 2 heterocycles. The number of carboxylic acids is 1. The molecule has 0 atom stereocenters. The zero-order chi connectivity index (χ0) is 13.2. The van der Waals surface area contributed by atoms with Gasteiger partial charge in [-0.05, 0) is 6.07 Å². The number of aromatic carboxylic acids is 1. The molecule has 2 aromatic heterocycles. The molecule has 0 saturated heterocycles. The molecule has 0 aliphatic rings. The van der Waals surface area contributed by atoms with Gasteiger partial charge in [0.1, 0.15) is 22.4 Å². The van der Waals surface area contributed by atoms with Crippen molar-refractivity contribution in [1.82, 2.24) is 10.2 Å². The van der Waals surface area contributed by atoms with Gasteiger partial charge in [0.15, 0.2) is 4.34 Å². The van der Waals surface area contributed by atoms with Crippen LogP contribution in [0.2, 0.25) is 0 Å². The van der Waals surface area contributed by atoms with Crippen molar-refractivity contribution in [3.63, 3.8) is 0 Å². The number of aromatic nitrogens is 2. The van der Waals surface area contributed by atoms with E-state index in [1.807, 2.05) is 6.07 Å². The van der Waals surface area contributed by atoms with Crippen LogP contribution in [0.3, 0.4) is 0 Å². The molecule has 0 bridgehead atoms. The van der Waals surface area contributed by atoms with Crippen molar-refractivity contribution in [2.24, 2.45) is 0 Å². The molecule has 0 aliphatic carbocycles. The summed E-state index contributed by atoms with van der Waals surface area (Å²) in [6.45, 7) is 0. The van der Waals surface area contributed by atoms with Gasteiger partial charge in [0.2, 0.25) is 0 Å². The van der Waals surface area contributed by atoms with E-state index >= 15 is 0 Å². The molecular weight excluding hydrogens is 284 g/mol. The topological polar surface area (TPSA) is 76.2 Å². The third-order valence-electron chi connectivity index (χ3n) is 2.55. The van der Waals surface area contributed by atoms with Gasteiger partial charge >= 0.3 is 5.97 Å². The number of nitrogens with zero attached hydrogens (tertiary/aromatic N) is 2. The second-order valence-corrected chi connectivity index (χ2v) is 5.75. The SMILES string of the molecule is O=C(O)c1c(CSc2nncs2)oc2ccccc12. The van der Waals surface area contributed by atoms with Gasteiger partial charge in [0, 0.05) is 5.39 Å². The molecule has 0 amide bonds. The molecule has 0 unspecified atom stereocenters. The van der Waals surface area contributed by atoms with Crippen molar-refractivity contribution in [1.29, 1.82) is 0 Å². The van der Waals surface area contributed by atoms with Crippen LogP contribution in [0, 0.1) is 0 Å². The summed E-state index contributed by atoms with van der Waals surface area (Å²) in [4.78, 5) is 11.4. The first kappa shape index (κ1) is 12.2. The minimum absolute atomic E-state index is 0.229. The standard InChI is InChI=1S/C12H8N2O3S2/c15-11(16)10-7-3-1-2-4-8(7)17-9(10)5-18-12-14-13-6-19-12/h1-4,6H,5H2,(H,15,16). The number of furan rings is 1. The Kier molecular flexibility index (Phi) is 3.22. The van der Waals surface area contributed by atoms with E-state index in [1.54, 1.807) is 23.7 Å². The van der Waals surface area contributed by atoms with E-state index in [1.165, 1.54) is 23.1 Å². The summed E-state index contributed by atoms with van der Waals surface area (Å²) < 4.78 is 6.40. The van der Waals surface area contributed by atoms with Crippen LogP contribution in [-0.4, -0.2) is 21.3 Å². The van der Waals surface area contributed by atoms with Gasteiger partial charge in [0.25, 0.3) is 0 Å². The molecule has 1 N–H and O–H groups in total. The van der Waals surface area contributed by atoms with Crippen LogP contribution in [-0.2, 0) is 5.75 Å². The first-order valence-corrected chi connectivity index (χ1v) is 7.25. The fourth-order valence-electron chi connectivity index (χ4n) is 1.79. The maximum atomic E-state index is 11.4. The lowest BCUT2D eigenvalue weighted by atomic mass is 10.1. The summed E-state index contributed by atoms with van der Waals surface area (Å²) >= 11 is 2.83. The van der Waals surface area contributed by atoms with Gasteiger partial charge in [0.05, 0.1) is 5.75 Å². The van der Waals surface area contributed by atoms with E-state index in [9.17, 15) is 9.90 Å². The van der Waals surface area contributed by atoms with Gasteiger partial charge in [-0.15, -0.1) is 10.2 Å². The first-order chi connectivity index (χ1) is 9.25. The maximum absolute atomic E-state index is 11.4. The number of para-hydroxylation sites is 1. The van der Waals surface area contributed by atoms with Gasteiger partial charge in [-0.3, -0.25) is 0 Å². The highest BCUT2D eigenvalue weighted by Gasteiger charge is 2.20. The largest absolute Gasteiger partial charge is 0.478 e. The Morgan fingerprint density at radius 3 is 3.00 bits per heavy atom. The molecule has 96 valence electrons. The van der Waals surface area contributed by atoms with Gasteiger partial charge < -0.3 is 9.52 Å². The summed E-state index contributed by atoms with van der Waals surface area (Å²) in [6, 6.07) is 7.13. The van der Waals surface area contributed by atoms with Crippen molar-refractivity contribution < 1.29 is 14.3 Å². The number of benzene rings is 1. The highest BCUT2D eigenvalue weighted by Crippen LogP contribution is 2.31. The molecule has 3 aromatic rings. The second-order valence-electron chi connectivity index (χ2n) is 3.69. The number of thioether (sulfide) groups is 1. The molecule has 1 aromatic carbocycles. The number of carbonyl (C=O) groups is 1. The summed E-state index contributed by atoms with van der Waals surface area (Å²) in [5, 5.41) is 17.6. The van der Waals surface area contributed by atoms with Crippen molar-refractivity contribution in [3.8, 4) is 0 Å².